The fourth-order valence-corrected chi connectivity index (χ4v) is 5.64. The smallest absolute Gasteiger partial charge is 0.0471 e. The maximum atomic E-state index is 3.63. The molecule has 0 unspecified atom stereocenters. The Bertz CT molecular complexity index is 1890. The topological polar surface area (TPSA) is 31.6 Å². The van der Waals surface area contributed by atoms with Crippen molar-refractivity contribution in [3.05, 3.63) is 97.1 Å². The van der Waals surface area contributed by atoms with Crippen molar-refractivity contribution in [2.45, 2.75) is 0 Å². The molecule has 0 radical (unpaired) electrons. The number of rotatable bonds is 0. The highest BCUT2D eigenvalue weighted by atomic mass is 14.7. The van der Waals surface area contributed by atoms with Crippen LogP contribution in [0, 0.1) is 0 Å². The first-order valence-corrected chi connectivity index (χ1v) is 11.0. The summed E-state index contributed by atoms with van der Waals surface area (Å²) in [5.41, 5.74) is 4.74. The molecule has 32 heavy (non-hydrogen) atoms. The molecule has 148 valence electrons. The number of nitrogens with one attached hydrogen (secondary N) is 2. The predicted octanol–water partition coefficient (Wildman–Crippen LogP) is 8.42. The third-order valence-corrected chi connectivity index (χ3v) is 7.09. The lowest BCUT2D eigenvalue weighted by molar-refractivity contribution is 1.55. The molecule has 6 aromatic carbocycles. The monoisotopic (exact) mass is 406 g/mol. The number of para-hydroxylation sites is 2. The van der Waals surface area contributed by atoms with Crippen LogP contribution in [-0.2, 0) is 0 Å². The number of fused-ring (bicyclic) bond motifs is 12. The Hall–Kier alpha value is -4.30. The van der Waals surface area contributed by atoms with E-state index in [0.29, 0.717) is 0 Å². The minimum atomic E-state index is 1.18. The zero-order valence-electron chi connectivity index (χ0n) is 17.2. The number of benzene rings is 6. The summed E-state index contributed by atoms with van der Waals surface area (Å²) < 4.78 is 0. The van der Waals surface area contributed by atoms with E-state index in [1.165, 1.54) is 75.9 Å². The summed E-state index contributed by atoms with van der Waals surface area (Å²) in [6, 6.07) is 35.4. The molecule has 2 heteroatoms. The van der Waals surface area contributed by atoms with Crippen molar-refractivity contribution in [1.82, 2.24) is 9.97 Å². The number of aromatic nitrogens is 2. The van der Waals surface area contributed by atoms with E-state index in [1.807, 2.05) is 0 Å². The van der Waals surface area contributed by atoms with Gasteiger partial charge in [0.05, 0.1) is 0 Å². The van der Waals surface area contributed by atoms with Crippen LogP contribution >= 0.6 is 0 Å². The highest BCUT2D eigenvalue weighted by molar-refractivity contribution is 6.30. The molecular formula is C30H18N2. The van der Waals surface area contributed by atoms with Crippen molar-refractivity contribution in [2.75, 3.05) is 0 Å². The van der Waals surface area contributed by atoms with E-state index >= 15 is 0 Å². The van der Waals surface area contributed by atoms with Crippen LogP contribution in [0.1, 0.15) is 0 Å². The molecule has 0 saturated carbocycles. The Kier molecular flexibility index (Phi) is 2.91. The van der Waals surface area contributed by atoms with Gasteiger partial charge in [0.25, 0.3) is 0 Å². The third-order valence-electron chi connectivity index (χ3n) is 7.09. The summed E-state index contributed by atoms with van der Waals surface area (Å²) in [7, 11) is 0. The molecule has 0 atom stereocenters. The van der Waals surface area contributed by atoms with E-state index in [1.54, 1.807) is 0 Å². The SMILES string of the molecule is c1ccc2c(c1)[nH]c1cc3c4cc5[nH]c6ccccc6c5cc4c4ccccc4c3cc12. The summed E-state index contributed by atoms with van der Waals surface area (Å²) in [6.07, 6.45) is 0. The highest BCUT2D eigenvalue weighted by Gasteiger charge is 2.14. The van der Waals surface area contributed by atoms with E-state index in [0.717, 1.165) is 0 Å². The lowest BCUT2D eigenvalue weighted by atomic mass is 9.92. The average Bonchev–Trinajstić information content (AvgIpc) is 3.39. The summed E-state index contributed by atoms with van der Waals surface area (Å²) >= 11 is 0. The van der Waals surface area contributed by atoms with Crippen molar-refractivity contribution >= 4 is 75.9 Å². The van der Waals surface area contributed by atoms with Gasteiger partial charge in [-0.05, 0) is 68.7 Å². The number of hydrogen-bond acceptors (Lipinski definition) is 0. The van der Waals surface area contributed by atoms with Crippen molar-refractivity contribution in [3.8, 4) is 0 Å². The van der Waals surface area contributed by atoms with E-state index in [-0.39, 0.29) is 0 Å². The lowest BCUT2D eigenvalue weighted by Crippen LogP contribution is -1.84. The van der Waals surface area contributed by atoms with Gasteiger partial charge < -0.3 is 9.97 Å². The van der Waals surface area contributed by atoms with E-state index in [2.05, 4.69) is 107 Å². The molecule has 0 amide bonds. The molecule has 2 aromatic heterocycles. The third kappa shape index (κ3) is 1.99. The van der Waals surface area contributed by atoms with Crippen molar-refractivity contribution in [1.29, 1.82) is 0 Å². The lowest BCUT2D eigenvalue weighted by Gasteiger charge is -2.11. The Balaban J connectivity index is 1.66. The molecule has 0 fully saturated rings. The first kappa shape index (κ1) is 16.4. The average molecular weight is 406 g/mol. The maximum absolute atomic E-state index is 3.63. The van der Waals surface area contributed by atoms with Crippen LogP contribution < -0.4 is 0 Å². The van der Waals surface area contributed by atoms with Gasteiger partial charge in [0.2, 0.25) is 0 Å². The molecule has 0 aliphatic rings. The van der Waals surface area contributed by atoms with E-state index in [4.69, 9.17) is 0 Å². The van der Waals surface area contributed by atoms with Gasteiger partial charge in [-0.15, -0.1) is 0 Å². The molecule has 8 rings (SSSR count). The van der Waals surface area contributed by atoms with Gasteiger partial charge in [-0.25, -0.2) is 0 Å². The van der Waals surface area contributed by atoms with Gasteiger partial charge in [0, 0.05) is 43.6 Å². The molecule has 0 spiro atoms. The standard InChI is InChI=1S/C30H18N2/c1-2-8-18-17(7-1)21-13-25-19-9-3-5-11-27(19)31-29(25)15-23(21)24-16-30-26(14-22(18)24)20-10-4-6-12-28(20)32-30/h1-16,31-32H. The first-order valence-electron chi connectivity index (χ1n) is 11.0. The fourth-order valence-electron chi connectivity index (χ4n) is 5.64. The number of aromatic amines is 2. The molecule has 2 heterocycles. The van der Waals surface area contributed by atoms with Crippen LogP contribution in [0.15, 0.2) is 97.1 Å². The van der Waals surface area contributed by atoms with Gasteiger partial charge in [-0.2, -0.15) is 0 Å². The Morgan fingerprint density at radius 1 is 0.281 bits per heavy atom. The largest absolute Gasteiger partial charge is 0.354 e. The van der Waals surface area contributed by atoms with Crippen molar-refractivity contribution in [2.24, 2.45) is 0 Å². The molecule has 2 nitrogen and oxygen atoms in total. The second-order valence-corrected chi connectivity index (χ2v) is 8.77. The zero-order chi connectivity index (χ0) is 20.8. The van der Waals surface area contributed by atoms with E-state index in [9.17, 15) is 0 Å². The van der Waals surface area contributed by atoms with Gasteiger partial charge >= 0.3 is 0 Å². The highest BCUT2D eigenvalue weighted by Crippen LogP contribution is 2.41. The number of hydrogen-bond donors (Lipinski definition) is 2. The van der Waals surface area contributed by atoms with Crippen LogP contribution in [0.25, 0.3) is 75.9 Å². The summed E-state index contributed by atoms with van der Waals surface area (Å²) in [5, 5.41) is 12.9. The van der Waals surface area contributed by atoms with Crippen LogP contribution in [0.3, 0.4) is 0 Å². The minimum absolute atomic E-state index is 1.18. The van der Waals surface area contributed by atoms with Crippen LogP contribution in [0.5, 0.6) is 0 Å². The first-order chi connectivity index (χ1) is 15.8. The quantitative estimate of drug-likeness (QED) is 0.237. The second kappa shape index (κ2) is 5.68. The van der Waals surface area contributed by atoms with Crippen molar-refractivity contribution < 1.29 is 0 Å². The van der Waals surface area contributed by atoms with Gasteiger partial charge in [-0.3, -0.25) is 0 Å². The Morgan fingerprint density at radius 2 is 0.656 bits per heavy atom. The Morgan fingerprint density at radius 3 is 1.12 bits per heavy atom. The van der Waals surface area contributed by atoms with E-state index < -0.39 is 0 Å². The summed E-state index contributed by atoms with van der Waals surface area (Å²) in [4.78, 5) is 7.27. The molecule has 0 saturated heterocycles. The normalized spacial score (nSPS) is 12.4. The van der Waals surface area contributed by atoms with Crippen LogP contribution in [0.2, 0.25) is 0 Å². The molecular weight excluding hydrogens is 388 g/mol. The number of H-pyrrole nitrogens is 2. The van der Waals surface area contributed by atoms with Gasteiger partial charge in [0.1, 0.15) is 0 Å². The molecule has 0 aliphatic heterocycles. The molecule has 0 bridgehead atoms. The minimum Gasteiger partial charge on any atom is -0.354 e. The van der Waals surface area contributed by atoms with Gasteiger partial charge in [-0.1, -0.05) is 60.7 Å². The van der Waals surface area contributed by atoms with Gasteiger partial charge in [0.15, 0.2) is 0 Å². The molecule has 0 aliphatic carbocycles. The van der Waals surface area contributed by atoms with Crippen molar-refractivity contribution in [3.63, 3.8) is 0 Å². The van der Waals surface area contributed by atoms with Crippen LogP contribution in [-0.4, -0.2) is 9.97 Å². The fraction of sp³-hybridized carbons (Fsp3) is 0. The summed E-state index contributed by atoms with van der Waals surface area (Å²) in [6.45, 7) is 0. The maximum Gasteiger partial charge on any atom is 0.0471 e. The Labute approximate surface area is 183 Å². The summed E-state index contributed by atoms with van der Waals surface area (Å²) in [5.74, 6) is 0. The molecule has 8 aromatic rings. The van der Waals surface area contributed by atoms with Crippen LogP contribution in [0.4, 0.5) is 0 Å². The molecule has 2 N–H and O–H groups in total. The predicted molar refractivity (Wildman–Crippen MR) is 138 cm³/mol. The second-order valence-electron chi connectivity index (χ2n) is 8.77. The zero-order valence-corrected chi connectivity index (χ0v) is 17.2.